The van der Waals surface area contributed by atoms with Gasteiger partial charge in [0.15, 0.2) is 5.82 Å². The van der Waals surface area contributed by atoms with Crippen molar-refractivity contribution >= 4 is 27.6 Å². The number of nitrogens with two attached hydrogens (primary N) is 1. The van der Waals surface area contributed by atoms with E-state index < -0.39 is 11.8 Å². The molecule has 13 heavy (non-hydrogen) atoms. The second kappa shape index (κ2) is 3.74. The summed E-state index contributed by atoms with van der Waals surface area (Å²) in [7, 11) is 1.17. The van der Waals surface area contributed by atoms with E-state index in [9.17, 15) is 9.18 Å². The predicted molar refractivity (Wildman–Crippen MR) is 49.9 cm³/mol. The zero-order valence-electron chi connectivity index (χ0n) is 6.80. The number of halogens is 2. The number of carbonyl (C=O) groups is 1. The number of hydrogen-bond donors (Lipinski definition) is 1. The maximum Gasteiger partial charge on any atom is 0.343 e. The summed E-state index contributed by atoms with van der Waals surface area (Å²) in [6.07, 6.45) is 0. The van der Waals surface area contributed by atoms with Gasteiger partial charge in [0.05, 0.1) is 11.6 Å². The standard InChI is InChI=1S/C8H7BrFNO2/c1-13-8(12)6-5(11)3-2-4(9)7(6)10/h2-3H,11H2,1H3. The summed E-state index contributed by atoms with van der Waals surface area (Å²) in [5.41, 5.74) is 5.23. The number of methoxy groups -OCH3 is 1. The van der Waals surface area contributed by atoms with E-state index in [1.807, 2.05) is 0 Å². The lowest BCUT2D eigenvalue weighted by atomic mass is 10.2. The van der Waals surface area contributed by atoms with Gasteiger partial charge in [0.25, 0.3) is 0 Å². The van der Waals surface area contributed by atoms with Gasteiger partial charge in [-0.25, -0.2) is 9.18 Å². The Hall–Kier alpha value is -1.10. The topological polar surface area (TPSA) is 52.3 Å². The largest absolute Gasteiger partial charge is 0.465 e. The van der Waals surface area contributed by atoms with E-state index in [-0.39, 0.29) is 15.7 Å². The molecule has 0 bridgehead atoms. The van der Waals surface area contributed by atoms with Gasteiger partial charge in [-0.15, -0.1) is 0 Å². The molecule has 0 heterocycles. The third-order valence-corrected chi connectivity index (χ3v) is 2.13. The van der Waals surface area contributed by atoms with Crippen molar-refractivity contribution in [2.45, 2.75) is 0 Å². The Balaban J connectivity index is 3.33. The fraction of sp³-hybridized carbons (Fsp3) is 0.125. The normalized spacial score (nSPS) is 9.77. The molecular formula is C8H7BrFNO2. The second-order valence-corrected chi connectivity index (χ2v) is 3.17. The Labute approximate surface area is 82.8 Å². The van der Waals surface area contributed by atoms with Crippen LogP contribution in [0.5, 0.6) is 0 Å². The summed E-state index contributed by atoms with van der Waals surface area (Å²) in [5, 5.41) is 0. The quantitative estimate of drug-likeness (QED) is 0.610. The van der Waals surface area contributed by atoms with Crippen molar-refractivity contribution in [1.29, 1.82) is 0 Å². The molecule has 0 aliphatic carbocycles. The van der Waals surface area contributed by atoms with Gasteiger partial charge < -0.3 is 10.5 Å². The Bertz CT molecular complexity index is 354. The molecule has 1 aromatic carbocycles. The van der Waals surface area contributed by atoms with Gasteiger partial charge >= 0.3 is 5.97 Å². The second-order valence-electron chi connectivity index (χ2n) is 2.32. The Kier molecular flexibility index (Phi) is 2.87. The molecular weight excluding hydrogens is 241 g/mol. The molecule has 1 aromatic rings. The first-order valence-electron chi connectivity index (χ1n) is 3.39. The first kappa shape index (κ1) is 9.98. The van der Waals surface area contributed by atoms with E-state index in [1.54, 1.807) is 0 Å². The van der Waals surface area contributed by atoms with Crippen molar-refractivity contribution in [3.8, 4) is 0 Å². The van der Waals surface area contributed by atoms with Crippen molar-refractivity contribution in [3.05, 3.63) is 28.0 Å². The minimum absolute atomic E-state index is 0.0625. The van der Waals surface area contributed by atoms with Crippen LogP contribution in [-0.2, 0) is 4.74 Å². The van der Waals surface area contributed by atoms with Crippen LogP contribution in [0.15, 0.2) is 16.6 Å². The average molecular weight is 248 g/mol. The van der Waals surface area contributed by atoms with E-state index in [2.05, 4.69) is 20.7 Å². The van der Waals surface area contributed by atoms with Crippen LogP contribution in [0.25, 0.3) is 0 Å². The van der Waals surface area contributed by atoms with E-state index in [0.29, 0.717) is 0 Å². The first-order valence-corrected chi connectivity index (χ1v) is 4.19. The summed E-state index contributed by atoms with van der Waals surface area (Å²) < 4.78 is 17.8. The fourth-order valence-electron chi connectivity index (χ4n) is 0.875. The molecule has 70 valence electrons. The third-order valence-electron chi connectivity index (χ3n) is 1.52. The average Bonchev–Trinajstić information content (AvgIpc) is 2.12. The van der Waals surface area contributed by atoms with Crippen LogP contribution in [0.4, 0.5) is 10.1 Å². The number of benzene rings is 1. The van der Waals surface area contributed by atoms with E-state index in [0.717, 1.165) is 0 Å². The Morgan fingerprint density at radius 1 is 1.62 bits per heavy atom. The highest BCUT2D eigenvalue weighted by atomic mass is 79.9. The molecule has 5 heteroatoms. The summed E-state index contributed by atoms with van der Waals surface area (Å²) in [5.74, 6) is -1.48. The van der Waals surface area contributed by atoms with Gasteiger partial charge in [-0.2, -0.15) is 0 Å². The van der Waals surface area contributed by atoms with Gasteiger partial charge in [-0.05, 0) is 28.1 Å². The number of anilines is 1. The van der Waals surface area contributed by atoms with Crippen LogP contribution in [0.1, 0.15) is 10.4 Å². The monoisotopic (exact) mass is 247 g/mol. The van der Waals surface area contributed by atoms with Crippen LogP contribution in [0.3, 0.4) is 0 Å². The highest BCUT2D eigenvalue weighted by Gasteiger charge is 2.17. The molecule has 0 radical (unpaired) electrons. The lowest BCUT2D eigenvalue weighted by Gasteiger charge is -2.05. The van der Waals surface area contributed by atoms with Gasteiger partial charge in [0.2, 0.25) is 0 Å². The van der Waals surface area contributed by atoms with Crippen LogP contribution in [0.2, 0.25) is 0 Å². The highest BCUT2D eigenvalue weighted by Crippen LogP contribution is 2.24. The zero-order chi connectivity index (χ0) is 10.0. The van der Waals surface area contributed by atoms with Crippen molar-refractivity contribution in [2.24, 2.45) is 0 Å². The summed E-state index contributed by atoms with van der Waals surface area (Å²) in [4.78, 5) is 11.0. The molecule has 0 amide bonds. The van der Waals surface area contributed by atoms with Crippen molar-refractivity contribution in [1.82, 2.24) is 0 Å². The smallest absolute Gasteiger partial charge is 0.343 e. The lowest BCUT2D eigenvalue weighted by molar-refractivity contribution is 0.0596. The molecule has 1 rings (SSSR count). The molecule has 0 saturated carbocycles. The van der Waals surface area contributed by atoms with Gasteiger partial charge in [0, 0.05) is 5.69 Å². The molecule has 0 saturated heterocycles. The predicted octanol–water partition coefficient (Wildman–Crippen LogP) is 1.96. The lowest BCUT2D eigenvalue weighted by Crippen LogP contribution is -2.08. The van der Waals surface area contributed by atoms with Crippen LogP contribution >= 0.6 is 15.9 Å². The molecule has 0 spiro atoms. The van der Waals surface area contributed by atoms with E-state index in [4.69, 9.17) is 5.73 Å². The highest BCUT2D eigenvalue weighted by molar-refractivity contribution is 9.10. The minimum atomic E-state index is -0.781. The maximum absolute atomic E-state index is 13.3. The van der Waals surface area contributed by atoms with Gasteiger partial charge in [0.1, 0.15) is 5.56 Å². The van der Waals surface area contributed by atoms with Crippen molar-refractivity contribution in [2.75, 3.05) is 12.8 Å². The molecule has 0 fully saturated rings. The molecule has 0 unspecified atom stereocenters. The summed E-state index contributed by atoms with van der Waals surface area (Å²) in [6.45, 7) is 0. The number of hydrogen-bond acceptors (Lipinski definition) is 3. The molecule has 3 nitrogen and oxygen atoms in total. The molecule has 2 N–H and O–H groups in total. The van der Waals surface area contributed by atoms with Crippen LogP contribution in [0, 0.1) is 5.82 Å². The SMILES string of the molecule is COC(=O)c1c(N)ccc(Br)c1F. The first-order chi connectivity index (χ1) is 6.07. The van der Waals surface area contributed by atoms with Gasteiger partial charge in [-0.3, -0.25) is 0 Å². The summed E-state index contributed by atoms with van der Waals surface area (Å²) in [6, 6.07) is 2.86. The molecule has 0 aliphatic rings. The third kappa shape index (κ3) is 1.80. The summed E-state index contributed by atoms with van der Waals surface area (Å²) >= 11 is 2.94. The number of nitrogen functional groups attached to an aromatic ring is 1. The number of esters is 1. The maximum atomic E-state index is 13.3. The van der Waals surface area contributed by atoms with Crippen LogP contribution in [-0.4, -0.2) is 13.1 Å². The number of rotatable bonds is 1. The van der Waals surface area contributed by atoms with Gasteiger partial charge in [-0.1, -0.05) is 0 Å². The minimum Gasteiger partial charge on any atom is -0.465 e. The van der Waals surface area contributed by atoms with Crippen LogP contribution < -0.4 is 5.73 Å². The molecule has 0 atom stereocenters. The van der Waals surface area contributed by atoms with E-state index in [1.165, 1.54) is 19.2 Å². The fourth-order valence-corrected chi connectivity index (χ4v) is 1.21. The molecule has 0 aliphatic heterocycles. The Morgan fingerprint density at radius 3 is 2.77 bits per heavy atom. The van der Waals surface area contributed by atoms with E-state index >= 15 is 0 Å². The van der Waals surface area contributed by atoms with Crippen molar-refractivity contribution in [3.63, 3.8) is 0 Å². The van der Waals surface area contributed by atoms with Crippen molar-refractivity contribution < 1.29 is 13.9 Å². The Morgan fingerprint density at radius 2 is 2.23 bits per heavy atom. The number of ether oxygens (including phenoxy) is 1. The number of carbonyl (C=O) groups excluding carboxylic acids is 1. The molecule has 0 aromatic heterocycles. The zero-order valence-corrected chi connectivity index (χ0v) is 8.39.